The van der Waals surface area contributed by atoms with E-state index in [4.69, 9.17) is 9.47 Å². The van der Waals surface area contributed by atoms with Gasteiger partial charge in [-0.15, -0.1) is 0 Å². The second-order valence-electron chi connectivity index (χ2n) is 7.38. The van der Waals surface area contributed by atoms with Gasteiger partial charge >= 0.3 is 0 Å². The third-order valence-corrected chi connectivity index (χ3v) is 6.69. The maximum absolute atomic E-state index is 14.8. The van der Waals surface area contributed by atoms with Gasteiger partial charge in [0.1, 0.15) is 6.17 Å². The molecular formula is C17H29FO2. The van der Waals surface area contributed by atoms with Crippen LogP contribution in [0, 0.1) is 29.6 Å². The molecule has 3 aliphatic rings. The van der Waals surface area contributed by atoms with E-state index in [9.17, 15) is 4.39 Å². The molecule has 0 spiro atoms. The van der Waals surface area contributed by atoms with E-state index in [1.165, 1.54) is 19.3 Å². The lowest BCUT2D eigenvalue weighted by molar-refractivity contribution is -0.251. The van der Waals surface area contributed by atoms with Crippen LogP contribution in [0.1, 0.15) is 51.9 Å². The van der Waals surface area contributed by atoms with E-state index in [0.717, 1.165) is 31.6 Å². The van der Waals surface area contributed by atoms with Crippen LogP contribution >= 0.6 is 0 Å². The van der Waals surface area contributed by atoms with E-state index < -0.39 is 12.0 Å². The highest BCUT2D eigenvalue weighted by Crippen LogP contribution is 2.55. The summed E-state index contributed by atoms with van der Waals surface area (Å²) in [6.07, 6.45) is 6.79. The Bertz CT molecular complexity index is 342. The quantitative estimate of drug-likeness (QED) is 0.708. The number of ether oxygens (including phenoxy) is 2. The molecule has 0 unspecified atom stereocenters. The van der Waals surface area contributed by atoms with Gasteiger partial charge in [-0.25, -0.2) is 4.39 Å². The zero-order valence-corrected chi connectivity index (χ0v) is 13.1. The van der Waals surface area contributed by atoms with Crippen molar-refractivity contribution >= 4 is 0 Å². The first-order chi connectivity index (χ1) is 9.60. The molecule has 0 aromatic rings. The molecule has 3 rings (SSSR count). The number of fused-ring (bicyclic) bond motifs is 3. The fraction of sp³-hybridized carbons (Fsp3) is 1.00. The average Bonchev–Trinajstić information content (AvgIpc) is 2.48. The molecule has 0 aromatic heterocycles. The monoisotopic (exact) mass is 284 g/mol. The summed E-state index contributed by atoms with van der Waals surface area (Å²) < 4.78 is 26.0. The molecule has 0 radical (unpaired) electrons. The lowest BCUT2D eigenvalue weighted by atomic mass is 9.54. The number of rotatable bonds is 2. The van der Waals surface area contributed by atoms with E-state index in [0.29, 0.717) is 17.8 Å². The number of alkyl halides is 1. The fourth-order valence-electron chi connectivity index (χ4n) is 5.49. The van der Waals surface area contributed by atoms with Gasteiger partial charge in [0.05, 0.1) is 0 Å². The highest BCUT2D eigenvalue weighted by atomic mass is 19.1. The molecule has 0 aromatic carbocycles. The van der Waals surface area contributed by atoms with Crippen molar-refractivity contribution in [1.29, 1.82) is 0 Å². The summed E-state index contributed by atoms with van der Waals surface area (Å²) in [4.78, 5) is 0. The molecule has 3 saturated carbocycles. The predicted octanol–water partition coefficient (Wildman–Crippen LogP) is 4.19. The smallest absolute Gasteiger partial charge is 0.167 e. The number of hydrogen-bond acceptors (Lipinski definition) is 2. The molecule has 0 bridgehead atoms. The van der Waals surface area contributed by atoms with Crippen LogP contribution in [0.2, 0.25) is 0 Å². The van der Waals surface area contributed by atoms with Crippen LogP contribution in [0.25, 0.3) is 0 Å². The lowest BCUT2D eigenvalue weighted by Gasteiger charge is -2.54. The summed E-state index contributed by atoms with van der Waals surface area (Å²) in [5.74, 6) is 2.27. The Morgan fingerprint density at radius 2 is 1.65 bits per heavy atom. The van der Waals surface area contributed by atoms with E-state index in [1.807, 2.05) is 0 Å². The predicted molar refractivity (Wildman–Crippen MR) is 77.1 cm³/mol. The normalized spacial score (nSPS) is 47.4. The summed E-state index contributed by atoms with van der Waals surface area (Å²) in [6, 6.07) is 0. The highest BCUT2D eigenvalue weighted by Gasteiger charge is 2.53. The minimum absolute atomic E-state index is 0.148. The van der Waals surface area contributed by atoms with Crippen LogP contribution in [-0.4, -0.2) is 26.2 Å². The topological polar surface area (TPSA) is 18.5 Å². The minimum Gasteiger partial charge on any atom is -0.353 e. The van der Waals surface area contributed by atoms with Crippen molar-refractivity contribution < 1.29 is 13.9 Å². The number of methoxy groups -OCH3 is 2. The first kappa shape index (κ1) is 14.8. The van der Waals surface area contributed by atoms with Crippen LogP contribution in [0.3, 0.4) is 0 Å². The van der Waals surface area contributed by atoms with Gasteiger partial charge in [-0.2, -0.15) is 0 Å². The molecule has 0 heterocycles. The maximum Gasteiger partial charge on any atom is 0.167 e. The second-order valence-corrected chi connectivity index (χ2v) is 7.38. The van der Waals surface area contributed by atoms with Gasteiger partial charge in [-0.05, 0) is 48.9 Å². The SMILES string of the molecule is COC1(OC)CC[C@@H]2[C@H]3CCC[C@H](C)[C@@H]3C[C@@H](F)[C@H]2C1. The van der Waals surface area contributed by atoms with E-state index >= 15 is 0 Å². The molecule has 116 valence electrons. The van der Waals surface area contributed by atoms with Gasteiger partial charge in [-0.1, -0.05) is 19.8 Å². The molecule has 0 amide bonds. The van der Waals surface area contributed by atoms with Crippen LogP contribution in [0.15, 0.2) is 0 Å². The van der Waals surface area contributed by atoms with Crippen LogP contribution in [0.5, 0.6) is 0 Å². The van der Waals surface area contributed by atoms with Gasteiger partial charge in [0.2, 0.25) is 0 Å². The highest BCUT2D eigenvalue weighted by molar-refractivity contribution is 5.00. The third kappa shape index (κ3) is 2.31. The van der Waals surface area contributed by atoms with Crippen molar-refractivity contribution in [3.05, 3.63) is 0 Å². The van der Waals surface area contributed by atoms with E-state index in [2.05, 4.69) is 6.92 Å². The number of halogens is 1. The Morgan fingerprint density at radius 1 is 0.950 bits per heavy atom. The Hall–Kier alpha value is -0.150. The van der Waals surface area contributed by atoms with Crippen LogP contribution < -0.4 is 0 Å². The van der Waals surface area contributed by atoms with Crippen molar-refractivity contribution in [2.45, 2.75) is 63.8 Å². The molecule has 0 aliphatic heterocycles. The van der Waals surface area contributed by atoms with Crippen LogP contribution in [-0.2, 0) is 9.47 Å². The summed E-state index contributed by atoms with van der Waals surface area (Å²) in [5, 5.41) is 0. The van der Waals surface area contributed by atoms with E-state index in [-0.39, 0.29) is 5.92 Å². The van der Waals surface area contributed by atoms with Crippen molar-refractivity contribution in [3.8, 4) is 0 Å². The van der Waals surface area contributed by atoms with Crippen molar-refractivity contribution in [3.63, 3.8) is 0 Å². The molecule has 20 heavy (non-hydrogen) atoms. The zero-order chi connectivity index (χ0) is 14.3. The summed E-state index contributed by atoms with van der Waals surface area (Å²) in [5.41, 5.74) is 0. The molecule has 3 aliphatic carbocycles. The average molecular weight is 284 g/mol. The van der Waals surface area contributed by atoms with Crippen molar-refractivity contribution in [1.82, 2.24) is 0 Å². The van der Waals surface area contributed by atoms with Gasteiger partial charge in [0.15, 0.2) is 5.79 Å². The molecule has 3 fully saturated rings. The largest absolute Gasteiger partial charge is 0.353 e. The Labute approximate surface area is 122 Å². The molecule has 0 N–H and O–H groups in total. The second kappa shape index (κ2) is 5.57. The molecule has 3 heteroatoms. The lowest BCUT2D eigenvalue weighted by Crippen LogP contribution is -2.52. The van der Waals surface area contributed by atoms with Gasteiger partial charge in [0.25, 0.3) is 0 Å². The molecule has 0 saturated heterocycles. The third-order valence-electron chi connectivity index (χ3n) is 6.69. The van der Waals surface area contributed by atoms with Crippen molar-refractivity contribution in [2.24, 2.45) is 29.6 Å². The first-order valence-corrected chi connectivity index (χ1v) is 8.34. The Morgan fingerprint density at radius 3 is 2.35 bits per heavy atom. The standard InChI is InChI=1S/C17H29FO2/c1-11-5-4-6-12-13-7-8-17(19-2,20-3)10-15(13)16(18)9-14(11)12/h11-16H,4-10H2,1-3H3/t11-,12+,13+,14-,15-,16+/m0/s1. The first-order valence-electron chi connectivity index (χ1n) is 8.34. The Balaban J connectivity index is 1.79. The maximum atomic E-state index is 14.8. The van der Waals surface area contributed by atoms with E-state index in [1.54, 1.807) is 14.2 Å². The number of hydrogen-bond donors (Lipinski definition) is 0. The van der Waals surface area contributed by atoms with Gasteiger partial charge in [-0.3, -0.25) is 0 Å². The summed E-state index contributed by atoms with van der Waals surface area (Å²) in [7, 11) is 3.40. The molecule has 2 nitrogen and oxygen atoms in total. The van der Waals surface area contributed by atoms with Crippen molar-refractivity contribution in [2.75, 3.05) is 14.2 Å². The minimum atomic E-state index is -0.660. The van der Waals surface area contributed by atoms with Crippen LogP contribution in [0.4, 0.5) is 4.39 Å². The van der Waals surface area contributed by atoms with Gasteiger partial charge < -0.3 is 9.47 Å². The summed E-state index contributed by atoms with van der Waals surface area (Å²) >= 11 is 0. The summed E-state index contributed by atoms with van der Waals surface area (Å²) in [6.45, 7) is 2.33. The molecule has 6 atom stereocenters. The molecular weight excluding hydrogens is 255 g/mol. The zero-order valence-electron chi connectivity index (χ0n) is 13.1. The van der Waals surface area contributed by atoms with Gasteiger partial charge in [0, 0.05) is 27.1 Å². The fourth-order valence-corrected chi connectivity index (χ4v) is 5.49. The Kier molecular flexibility index (Phi) is 4.11.